The number of unbranched alkanes of at least 4 members (excludes halogenated alkanes) is 1. The lowest BCUT2D eigenvalue weighted by Gasteiger charge is -2.25. The van der Waals surface area contributed by atoms with Crippen molar-refractivity contribution in [3.05, 3.63) is 35.1 Å². The van der Waals surface area contributed by atoms with Crippen molar-refractivity contribution in [2.75, 3.05) is 0 Å². The van der Waals surface area contributed by atoms with Crippen molar-refractivity contribution >= 4 is 0 Å². The molecule has 0 radical (unpaired) electrons. The van der Waals surface area contributed by atoms with Gasteiger partial charge in [-0.1, -0.05) is 45.7 Å². The van der Waals surface area contributed by atoms with Gasteiger partial charge in [0.25, 0.3) is 0 Å². The van der Waals surface area contributed by atoms with Crippen molar-refractivity contribution in [1.82, 2.24) is 0 Å². The summed E-state index contributed by atoms with van der Waals surface area (Å²) in [7, 11) is 0. The van der Waals surface area contributed by atoms with Crippen LogP contribution in [0.3, 0.4) is 0 Å². The molecule has 0 amide bonds. The van der Waals surface area contributed by atoms with Crippen LogP contribution in [0.2, 0.25) is 0 Å². The Kier molecular flexibility index (Phi) is 3.90. The predicted octanol–water partition coefficient (Wildman–Crippen LogP) is 4.60. The van der Waals surface area contributed by atoms with Crippen LogP contribution < -0.4 is 0 Å². The van der Waals surface area contributed by atoms with Crippen LogP contribution in [-0.4, -0.2) is 0 Å². The largest absolute Gasteiger partial charge is 0.207 e. The maximum atomic E-state index is 13.8. The molecule has 0 unspecified atom stereocenters. The van der Waals surface area contributed by atoms with Crippen molar-refractivity contribution in [3.8, 4) is 0 Å². The molecule has 0 aliphatic heterocycles. The molecule has 0 fully saturated rings. The molecule has 1 heteroatoms. The standard InChI is InChI=1S/C14H21F/c1-5-6-9-14(3,4)12-8-7-11(2)10-13(12)15/h7-8,10H,5-6,9H2,1-4H3. The van der Waals surface area contributed by atoms with E-state index in [9.17, 15) is 4.39 Å². The SMILES string of the molecule is CCCCC(C)(C)c1ccc(C)cc1F. The Morgan fingerprint density at radius 2 is 1.93 bits per heavy atom. The smallest absolute Gasteiger partial charge is 0.127 e. The summed E-state index contributed by atoms with van der Waals surface area (Å²) in [6.45, 7) is 8.33. The molecule has 0 atom stereocenters. The second-order valence-corrected chi connectivity index (χ2v) is 4.97. The number of halogens is 1. The van der Waals surface area contributed by atoms with Gasteiger partial charge in [-0.05, 0) is 36.0 Å². The van der Waals surface area contributed by atoms with E-state index in [1.807, 2.05) is 19.1 Å². The van der Waals surface area contributed by atoms with E-state index in [0.29, 0.717) is 0 Å². The summed E-state index contributed by atoms with van der Waals surface area (Å²) < 4.78 is 13.8. The molecule has 0 nitrogen and oxygen atoms in total. The first-order valence-electron chi connectivity index (χ1n) is 5.74. The zero-order valence-electron chi connectivity index (χ0n) is 10.2. The number of hydrogen-bond acceptors (Lipinski definition) is 0. The van der Waals surface area contributed by atoms with Gasteiger partial charge < -0.3 is 0 Å². The van der Waals surface area contributed by atoms with Crippen LogP contribution in [-0.2, 0) is 5.41 Å². The van der Waals surface area contributed by atoms with Gasteiger partial charge in [-0.2, -0.15) is 0 Å². The molecule has 0 heterocycles. The summed E-state index contributed by atoms with van der Waals surface area (Å²) >= 11 is 0. The summed E-state index contributed by atoms with van der Waals surface area (Å²) in [6, 6.07) is 5.55. The van der Waals surface area contributed by atoms with E-state index >= 15 is 0 Å². The second kappa shape index (κ2) is 4.78. The van der Waals surface area contributed by atoms with Gasteiger partial charge in [0.15, 0.2) is 0 Å². The average Bonchev–Trinajstić information content (AvgIpc) is 2.14. The lowest BCUT2D eigenvalue weighted by Crippen LogP contribution is -2.18. The Morgan fingerprint density at radius 1 is 1.27 bits per heavy atom. The molecule has 15 heavy (non-hydrogen) atoms. The lowest BCUT2D eigenvalue weighted by atomic mass is 9.79. The Labute approximate surface area is 92.5 Å². The Morgan fingerprint density at radius 3 is 2.47 bits per heavy atom. The minimum absolute atomic E-state index is 0.0478. The van der Waals surface area contributed by atoms with Crippen molar-refractivity contribution in [1.29, 1.82) is 0 Å². The van der Waals surface area contributed by atoms with E-state index in [1.165, 1.54) is 0 Å². The monoisotopic (exact) mass is 208 g/mol. The van der Waals surface area contributed by atoms with Gasteiger partial charge in [-0.25, -0.2) is 4.39 Å². The molecular formula is C14H21F. The van der Waals surface area contributed by atoms with Gasteiger partial charge in [0.1, 0.15) is 5.82 Å². The highest BCUT2D eigenvalue weighted by Gasteiger charge is 2.23. The van der Waals surface area contributed by atoms with E-state index in [-0.39, 0.29) is 11.2 Å². The number of rotatable bonds is 4. The van der Waals surface area contributed by atoms with Crippen LogP contribution in [0.4, 0.5) is 4.39 Å². The topological polar surface area (TPSA) is 0 Å². The number of hydrogen-bond donors (Lipinski definition) is 0. The summed E-state index contributed by atoms with van der Waals surface area (Å²) in [4.78, 5) is 0. The zero-order valence-corrected chi connectivity index (χ0v) is 10.2. The summed E-state index contributed by atoms with van der Waals surface area (Å²) in [6.07, 6.45) is 3.36. The van der Waals surface area contributed by atoms with Gasteiger partial charge in [-0.3, -0.25) is 0 Å². The highest BCUT2D eigenvalue weighted by Crippen LogP contribution is 2.31. The Balaban J connectivity index is 2.93. The van der Waals surface area contributed by atoms with E-state index in [2.05, 4.69) is 20.8 Å². The molecule has 0 spiro atoms. The molecule has 0 aliphatic carbocycles. The Bertz CT molecular complexity index is 326. The maximum Gasteiger partial charge on any atom is 0.127 e. The van der Waals surface area contributed by atoms with Gasteiger partial charge in [-0.15, -0.1) is 0 Å². The highest BCUT2D eigenvalue weighted by molar-refractivity contribution is 5.29. The molecule has 0 N–H and O–H groups in total. The molecule has 1 rings (SSSR count). The molecule has 0 saturated heterocycles. The highest BCUT2D eigenvalue weighted by atomic mass is 19.1. The first kappa shape index (κ1) is 12.2. The fraction of sp³-hybridized carbons (Fsp3) is 0.571. The normalized spacial score (nSPS) is 11.8. The van der Waals surface area contributed by atoms with Crippen LogP contribution in [0.25, 0.3) is 0 Å². The molecule has 0 aliphatic rings. The third-order valence-corrected chi connectivity index (χ3v) is 3.01. The molecule has 84 valence electrons. The molecule has 1 aromatic rings. The Hall–Kier alpha value is -0.850. The van der Waals surface area contributed by atoms with Crippen LogP contribution in [0.15, 0.2) is 18.2 Å². The van der Waals surface area contributed by atoms with E-state index < -0.39 is 0 Å². The molecule has 0 bridgehead atoms. The maximum absolute atomic E-state index is 13.8. The van der Waals surface area contributed by atoms with Crippen LogP contribution in [0.1, 0.15) is 51.2 Å². The van der Waals surface area contributed by atoms with Crippen molar-refractivity contribution in [2.24, 2.45) is 0 Å². The van der Waals surface area contributed by atoms with E-state index in [4.69, 9.17) is 0 Å². The summed E-state index contributed by atoms with van der Waals surface area (Å²) in [5.74, 6) is -0.0592. The van der Waals surface area contributed by atoms with Gasteiger partial charge >= 0.3 is 0 Å². The van der Waals surface area contributed by atoms with Crippen molar-refractivity contribution < 1.29 is 4.39 Å². The second-order valence-electron chi connectivity index (χ2n) is 4.97. The minimum Gasteiger partial charge on any atom is -0.207 e. The quantitative estimate of drug-likeness (QED) is 0.678. The summed E-state index contributed by atoms with van der Waals surface area (Å²) in [5, 5.41) is 0. The lowest BCUT2D eigenvalue weighted by molar-refractivity contribution is 0.433. The molecular weight excluding hydrogens is 187 g/mol. The average molecular weight is 208 g/mol. The molecule has 1 aromatic carbocycles. The first-order valence-corrected chi connectivity index (χ1v) is 5.74. The van der Waals surface area contributed by atoms with Gasteiger partial charge in [0, 0.05) is 0 Å². The molecule has 0 aromatic heterocycles. The third kappa shape index (κ3) is 3.05. The fourth-order valence-corrected chi connectivity index (χ4v) is 1.92. The third-order valence-electron chi connectivity index (χ3n) is 3.01. The fourth-order valence-electron chi connectivity index (χ4n) is 1.92. The summed E-state index contributed by atoms with van der Waals surface area (Å²) in [5.41, 5.74) is 1.79. The molecule has 0 saturated carbocycles. The van der Waals surface area contributed by atoms with E-state index in [1.54, 1.807) is 6.07 Å². The first-order chi connectivity index (χ1) is 6.97. The minimum atomic E-state index is -0.0592. The van der Waals surface area contributed by atoms with Crippen molar-refractivity contribution in [3.63, 3.8) is 0 Å². The van der Waals surface area contributed by atoms with Crippen LogP contribution in [0.5, 0.6) is 0 Å². The predicted molar refractivity (Wildman–Crippen MR) is 63.7 cm³/mol. The van der Waals surface area contributed by atoms with Gasteiger partial charge in [0.2, 0.25) is 0 Å². The number of aryl methyl sites for hydroxylation is 1. The van der Waals surface area contributed by atoms with Crippen molar-refractivity contribution in [2.45, 2.75) is 52.4 Å². The number of benzene rings is 1. The van der Waals surface area contributed by atoms with Crippen LogP contribution in [0, 0.1) is 12.7 Å². The zero-order chi connectivity index (χ0) is 11.5. The van der Waals surface area contributed by atoms with Crippen LogP contribution >= 0.6 is 0 Å². The van der Waals surface area contributed by atoms with Gasteiger partial charge in [0.05, 0.1) is 0 Å². The van der Waals surface area contributed by atoms with E-state index in [0.717, 1.165) is 30.4 Å².